The zero-order valence-electron chi connectivity index (χ0n) is 13.1. The Balaban J connectivity index is 1.34. The molecule has 7 nitrogen and oxygen atoms in total. The van der Waals surface area contributed by atoms with Crippen molar-refractivity contribution in [3.63, 3.8) is 0 Å². The van der Waals surface area contributed by atoms with Crippen molar-refractivity contribution in [2.75, 3.05) is 19.8 Å². The van der Waals surface area contributed by atoms with Gasteiger partial charge < -0.3 is 19.4 Å². The molecule has 3 heterocycles. The van der Waals surface area contributed by atoms with Crippen LogP contribution in [-0.2, 0) is 27.2 Å². The predicted octanol–water partition coefficient (Wildman–Crippen LogP) is 0.603. The highest BCUT2D eigenvalue weighted by molar-refractivity contribution is 5.76. The van der Waals surface area contributed by atoms with E-state index in [9.17, 15) is 4.79 Å². The molecule has 2 aliphatic rings. The number of hydrogen-bond acceptors (Lipinski definition) is 5. The molecule has 0 spiro atoms. The highest BCUT2D eigenvalue weighted by Crippen LogP contribution is 2.15. The Bertz CT molecular complexity index is 511. The van der Waals surface area contributed by atoms with Crippen LogP contribution in [0.1, 0.15) is 37.3 Å². The van der Waals surface area contributed by atoms with Gasteiger partial charge in [0.25, 0.3) is 0 Å². The van der Waals surface area contributed by atoms with Crippen molar-refractivity contribution < 1.29 is 14.3 Å². The molecule has 0 aliphatic carbocycles. The number of nitrogens with one attached hydrogen (secondary N) is 1. The number of amides is 1. The maximum atomic E-state index is 12.0. The Labute approximate surface area is 130 Å². The highest BCUT2D eigenvalue weighted by Gasteiger charge is 2.22. The van der Waals surface area contributed by atoms with E-state index in [2.05, 4.69) is 20.1 Å². The number of fused-ring (bicyclic) bond motifs is 1. The molecule has 7 heteroatoms. The quantitative estimate of drug-likeness (QED) is 0.779. The largest absolute Gasteiger partial charge is 0.378 e. The van der Waals surface area contributed by atoms with Gasteiger partial charge in [0.2, 0.25) is 5.91 Å². The lowest BCUT2D eigenvalue weighted by atomic mass is 10.1. The second kappa shape index (κ2) is 7.19. The van der Waals surface area contributed by atoms with E-state index in [0.29, 0.717) is 19.6 Å². The van der Waals surface area contributed by atoms with E-state index >= 15 is 0 Å². The lowest BCUT2D eigenvalue weighted by Crippen LogP contribution is -2.41. The fourth-order valence-electron chi connectivity index (χ4n) is 3.04. The Morgan fingerprint density at radius 2 is 2.36 bits per heavy atom. The molecular formula is C15H24N4O3. The van der Waals surface area contributed by atoms with Gasteiger partial charge in [-0.05, 0) is 26.2 Å². The van der Waals surface area contributed by atoms with Crippen molar-refractivity contribution in [2.24, 2.45) is 0 Å². The molecule has 1 fully saturated rings. The van der Waals surface area contributed by atoms with Gasteiger partial charge in [0.1, 0.15) is 11.6 Å². The minimum atomic E-state index is 0.0477. The first kappa shape index (κ1) is 15.4. The van der Waals surface area contributed by atoms with E-state index in [-0.39, 0.29) is 18.1 Å². The molecule has 0 aromatic carbocycles. The molecule has 2 atom stereocenters. The summed E-state index contributed by atoms with van der Waals surface area (Å²) in [5, 5.41) is 11.3. The van der Waals surface area contributed by atoms with Gasteiger partial charge in [-0.15, -0.1) is 10.2 Å². The van der Waals surface area contributed by atoms with Crippen molar-refractivity contribution in [3.05, 3.63) is 11.6 Å². The summed E-state index contributed by atoms with van der Waals surface area (Å²) < 4.78 is 13.1. The van der Waals surface area contributed by atoms with Gasteiger partial charge in [0.05, 0.1) is 19.3 Å². The van der Waals surface area contributed by atoms with Crippen LogP contribution in [0, 0.1) is 6.92 Å². The summed E-state index contributed by atoms with van der Waals surface area (Å²) in [5.74, 6) is 1.98. The van der Waals surface area contributed by atoms with Crippen LogP contribution in [0.25, 0.3) is 0 Å². The third-order valence-corrected chi connectivity index (χ3v) is 4.30. The van der Waals surface area contributed by atoms with Crippen LogP contribution in [-0.4, -0.2) is 52.6 Å². The summed E-state index contributed by atoms with van der Waals surface area (Å²) in [4.78, 5) is 12.0. The Kier molecular flexibility index (Phi) is 5.04. The second-order valence-corrected chi connectivity index (χ2v) is 6.04. The van der Waals surface area contributed by atoms with Gasteiger partial charge in [-0.1, -0.05) is 0 Å². The number of hydrogen-bond donors (Lipinski definition) is 1. The van der Waals surface area contributed by atoms with E-state index in [1.807, 2.05) is 6.92 Å². The van der Waals surface area contributed by atoms with E-state index in [1.165, 1.54) is 0 Å². The summed E-state index contributed by atoms with van der Waals surface area (Å²) >= 11 is 0. The maximum Gasteiger partial charge on any atom is 0.222 e. The number of nitrogens with zero attached hydrogens (tertiary/aromatic N) is 3. The topological polar surface area (TPSA) is 78.3 Å². The number of aryl methyl sites for hydroxylation is 2. The molecule has 2 aliphatic heterocycles. The summed E-state index contributed by atoms with van der Waals surface area (Å²) in [6.07, 6.45) is 4.57. The first-order valence-corrected chi connectivity index (χ1v) is 8.10. The summed E-state index contributed by atoms with van der Waals surface area (Å²) in [5.41, 5.74) is 0. The van der Waals surface area contributed by atoms with Gasteiger partial charge in [-0.25, -0.2) is 0 Å². The fourth-order valence-corrected chi connectivity index (χ4v) is 3.04. The van der Waals surface area contributed by atoms with Gasteiger partial charge in [0.15, 0.2) is 0 Å². The normalized spacial score (nSPS) is 24.2. The zero-order chi connectivity index (χ0) is 15.4. The van der Waals surface area contributed by atoms with E-state index in [4.69, 9.17) is 9.47 Å². The standard InChI is InChI=1S/C15H24N4O3/c1-11-17-18-14-5-4-12(9-19(11)14)16-15(20)6-8-21-10-13-3-2-7-22-13/h12-13H,2-10H2,1H3,(H,16,20)/t12-,13-/m0/s1. The Morgan fingerprint density at radius 1 is 1.45 bits per heavy atom. The maximum absolute atomic E-state index is 12.0. The van der Waals surface area contributed by atoms with Crippen LogP contribution in [0.5, 0.6) is 0 Å². The highest BCUT2D eigenvalue weighted by atomic mass is 16.5. The SMILES string of the molecule is Cc1nnc2n1C[C@@H](NC(=O)CCOC[C@@H]1CCCO1)CC2. The molecule has 1 aromatic rings. The zero-order valence-corrected chi connectivity index (χ0v) is 13.1. The van der Waals surface area contributed by atoms with Crippen molar-refractivity contribution in [2.45, 2.75) is 57.7 Å². The van der Waals surface area contributed by atoms with Crippen molar-refractivity contribution in [1.82, 2.24) is 20.1 Å². The third-order valence-electron chi connectivity index (χ3n) is 4.30. The molecule has 1 aromatic heterocycles. The summed E-state index contributed by atoms with van der Waals surface area (Å²) in [6.45, 7) is 4.59. The smallest absolute Gasteiger partial charge is 0.222 e. The third kappa shape index (κ3) is 3.84. The summed E-state index contributed by atoms with van der Waals surface area (Å²) in [7, 11) is 0. The molecular weight excluding hydrogens is 284 g/mol. The van der Waals surface area contributed by atoms with E-state index in [1.54, 1.807) is 0 Å². The van der Waals surface area contributed by atoms with Crippen LogP contribution in [0.2, 0.25) is 0 Å². The Morgan fingerprint density at radius 3 is 3.18 bits per heavy atom. The first-order valence-electron chi connectivity index (χ1n) is 8.10. The number of carbonyl (C=O) groups is 1. The van der Waals surface area contributed by atoms with Crippen LogP contribution in [0.3, 0.4) is 0 Å². The number of rotatable bonds is 6. The predicted molar refractivity (Wildman–Crippen MR) is 79.4 cm³/mol. The molecule has 1 saturated heterocycles. The molecule has 0 unspecified atom stereocenters. The van der Waals surface area contributed by atoms with Crippen molar-refractivity contribution >= 4 is 5.91 Å². The van der Waals surface area contributed by atoms with Crippen LogP contribution >= 0.6 is 0 Å². The van der Waals surface area contributed by atoms with Crippen LogP contribution in [0.4, 0.5) is 0 Å². The minimum absolute atomic E-state index is 0.0477. The van der Waals surface area contributed by atoms with Crippen molar-refractivity contribution in [1.29, 1.82) is 0 Å². The molecule has 3 rings (SSSR count). The number of ether oxygens (including phenoxy) is 2. The Hall–Kier alpha value is -1.47. The molecule has 1 N–H and O–H groups in total. The monoisotopic (exact) mass is 308 g/mol. The average Bonchev–Trinajstić information content (AvgIpc) is 3.14. The average molecular weight is 308 g/mol. The van der Waals surface area contributed by atoms with E-state index < -0.39 is 0 Å². The minimum Gasteiger partial charge on any atom is -0.378 e. The van der Waals surface area contributed by atoms with Gasteiger partial charge in [-0.2, -0.15) is 0 Å². The number of carbonyl (C=O) groups excluding carboxylic acids is 1. The lowest BCUT2D eigenvalue weighted by molar-refractivity contribution is -0.123. The number of aromatic nitrogens is 3. The molecule has 0 bridgehead atoms. The van der Waals surface area contributed by atoms with Gasteiger partial charge in [0, 0.05) is 32.0 Å². The van der Waals surface area contributed by atoms with Gasteiger partial charge in [-0.3, -0.25) is 4.79 Å². The molecule has 0 radical (unpaired) electrons. The fraction of sp³-hybridized carbons (Fsp3) is 0.800. The molecule has 1 amide bonds. The lowest BCUT2D eigenvalue weighted by Gasteiger charge is -2.25. The van der Waals surface area contributed by atoms with Crippen molar-refractivity contribution in [3.8, 4) is 0 Å². The van der Waals surface area contributed by atoms with Crippen LogP contribution in [0.15, 0.2) is 0 Å². The molecule has 0 saturated carbocycles. The molecule has 22 heavy (non-hydrogen) atoms. The second-order valence-electron chi connectivity index (χ2n) is 6.04. The first-order chi connectivity index (χ1) is 10.7. The van der Waals surface area contributed by atoms with Crippen LogP contribution < -0.4 is 5.32 Å². The van der Waals surface area contributed by atoms with E-state index in [0.717, 1.165) is 50.5 Å². The molecule has 122 valence electrons. The summed E-state index contributed by atoms with van der Waals surface area (Å²) in [6, 6.07) is 0.160. The van der Waals surface area contributed by atoms with Gasteiger partial charge >= 0.3 is 0 Å².